The fourth-order valence-corrected chi connectivity index (χ4v) is 4.15. The van der Waals surface area contributed by atoms with Gasteiger partial charge in [-0.05, 0) is 48.9 Å². The van der Waals surface area contributed by atoms with Gasteiger partial charge in [-0.3, -0.25) is 4.79 Å². The quantitative estimate of drug-likeness (QED) is 0.202. The number of hydrogen-bond donors (Lipinski definition) is 3. The molecule has 5 rings (SSSR count). The van der Waals surface area contributed by atoms with Crippen LogP contribution < -0.4 is 16.2 Å². The summed E-state index contributed by atoms with van der Waals surface area (Å²) in [7, 11) is 0. The fourth-order valence-electron chi connectivity index (χ4n) is 4.15. The van der Waals surface area contributed by atoms with Crippen molar-refractivity contribution in [3.05, 3.63) is 88.8 Å². The summed E-state index contributed by atoms with van der Waals surface area (Å²) in [5.74, 6) is -4.60. The van der Waals surface area contributed by atoms with Crippen LogP contribution in [0.1, 0.15) is 29.4 Å². The molecule has 0 amide bonds. The van der Waals surface area contributed by atoms with Crippen LogP contribution in [-0.4, -0.2) is 26.7 Å². The van der Waals surface area contributed by atoms with Crippen LogP contribution in [0.3, 0.4) is 0 Å². The summed E-state index contributed by atoms with van der Waals surface area (Å²) in [6.07, 6.45) is 1.54. The van der Waals surface area contributed by atoms with Crippen molar-refractivity contribution < 1.29 is 27.1 Å². The molecule has 7 nitrogen and oxygen atoms in total. The molecule has 1 atom stereocenters. The number of fused-ring (bicyclic) bond motifs is 1. The number of nitrogens with one attached hydrogen (secondary N) is 1. The van der Waals surface area contributed by atoms with Gasteiger partial charge in [-0.1, -0.05) is 6.07 Å². The zero-order valence-corrected chi connectivity index (χ0v) is 18.8. The number of aromatic nitrogens is 3. The van der Waals surface area contributed by atoms with Gasteiger partial charge in [-0.2, -0.15) is 9.49 Å². The van der Waals surface area contributed by atoms with Crippen LogP contribution in [0.15, 0.2) is 60.1 Å². The smallest absolute Gasteiger partial charge is 0.214 e. The molecule has 184 valence electrons. The van der Waals surface area contributed by atoms with Gasteiger partial charge in [0.05, 0.1) is 23.1 Å². The lowest BCUT2D eigenvalue weighted by molar-refractivity contribution is 0.103. The molecular weight excluding hydrogens is 478 g/mol. The van der Waals surface area contributed by atoms with E-state index in [9.17, 15) is 18.0 Å². The Balaban J connectivity index is 1.42. The van der Waals surface area contributed by atoms with Crippen LogP contribution in [0.5, 0.6) is 5.75 Å². The number of carbonyl (C=O) groups excluding carboxylic acids is 1. The molecule has 0 saturated heterocycles. The SMILES string of the molecule is CC1=C(n2ncc(C(=O)c3cc4cc(F)c(N)cc4[nH]3)c2N)C(F)=CC(Oc2cccc(F)c2F)C1. The number of nitrogen functional groups attached to an aromatic ring is 2. The summed E-state index contributed by atoms with van der Waals surface area (Å²) in [5, 5.41) is 4.53. The van der Waals surface area contributed by atoms with Gasteiger partial charge in [-0.25, -0.2) is 17.9 Å². The third kappa shape index (κ3) is 3.88. The number of carbonyl (C=O) groups is 1. The van der Waals surface area contributed by atoms with Crippen molar-refractivity contribution in [2.45, 2.75) is 19.4 Å². The van der Waals surface area contributed by atoms with E-state index in [-0.39, 0.29) is 40.6 Å². The first-order chi connectivity index (χ1) is 17.1. The third-order valence-electron chi connectivity index (χ3n) is 5.91. The molecule has 0 fully saturated rings. The zero-order valence-electron chi connectivity index (χ0n) is 18.8. The summed E-state index contributed by atoms with van der Waals surface area (Å²) >= 11 is 0. The molecule has 11 heteroatoms. The van der Waals surface area contributed by atoms with Crippen molar-refractivity contribution in [3.8, 4) is 5.75 Å². The van der Waals surface area contributed by atoms with Gasteiger partial charge >= 0.3 is 0 Å². The molecule has 4 aromatic rings. The average Bonchev–Trinajstić information content (AvgIpc) is 3.40. The molecule has 2 aromatic carbocycles. The number of ether oxygens (including phenoxy) is 1. The summed E-state index contributed by atoms with van der Waals surface area (Å²) in [4.78, 5) is 16.0. The first kappa shape index (κ1) is 23.2. The molecule has 1 aliphatic rings. The minimum absolute atomic E-state index is 0.00306. The lowest BCUT2D eigenvalue weighted by Gasteiger charge is -2.23. The van der Waals surface area contributed by atoms with Crippen LogP contribution in [0.4, 0.5) is 29.1 Å². The summed E-state index contributed by atoms with van der Waals surface area (Å²) in [6, 6.07) is 7.51. The molecule has 1 aliphatic carbocycles. The predicted octanol–water partition coefficient (Wildman–Crippen LogP) is 5.11. The number of nitrogens with two attached hydrogens (primary N) is 2. The highest BCUT2D eigenvalue weighted by atomic mass is 19.2. The molecule has 0 bridgehead atoms. The molecule has 1 unspecified atom stereocenters. The normalized spacial score (nSPS) is 15.9. The lowest BCUT2D eigenvalue weighted by atomic mass is 10.00. The number of H-pyrrole nitrogens is 1. The Morgan fingerprint density at radius 3 is 2.67 bits per heavy atom. The van der Waals surface area contributed by atoms with E-state index in [0.717, 1.165) is 16.8 Å². The van der Waals surface area contributed by atoms with Gasteiger partial charge < -0.3 is 21.2 Å². The Morgan fingerprint density at radius 1 is 1.14 bits per heavy atom. The number of halogens is 4. The van der Waals surface area contributed by atoms with Gasteiger partial charge in [-0.15, -0.1) is 0 Å². The second-order valence-corrected chi connectivity index (χ2v) is 8.38. The number of benzene rings is 2. The Morgan fingerprint density at radius 2 is 1.92 bits per heavy atom. The number of nitrogens with zero attached hydrogens (tertiary/aromatic N) is 2. The number of allylic oxidation sites excluding steroid dienone is 2. The van der Waals surface area contributed by atoms with Crippen LogP contribution in [-0.2, 0) is 0 Å². The van der Waals surface area contributed by atoms with Crippen molar-refractivity contribution in [1.29, 1.82) is 0 Å². The first-order valence-electron chi connectivity index (χ1n) is 10.8. The molecule has 5 N–H and O–H groups in total. The highest BCUT2D eigenvalue weighted by Crippen LogP contribution is 2.35. The molecular formula is C25H19F4N5O2. The van der Waals surface area contributed by atoms with Crippen LogP contribution in [0.2, 0.25) is 0 Å². The van der Waals surface area contributed by atoms with E-state index in [1.165, 1.54) is 36.5 Å². The average molecular weight is 497 g/mol. The molecule has 0 saturated carbocycles. The first-order valence-corrected chi connectivity index (χ1v) is 10.8. The van der Waals surface area contributed by atoms with Gasteiger partial charge in [0, 0.05) is 17.3 Å². The monoisotopic (exact) mass is 497 g/mol. The van der Waals surface area contributed by atoms with Gasteiger partial charge in [0.15, 0.2) is 11.6 Å². The topological polar surface area (TPSA) is 112 Å². The second-order valence-electron chi connectivity index (χ2n) is 8.38. The molecule has 0 spiro atoms. The predicted molar refractivity (Wildman–Crippen MR) is 126 cm³/mol. The van der Waals surface area contributed by atoms with Crippen LogP contribution >= 0.6 is 0 Å². The third-order valence-corrected chi connectivity index (χ3v) is 5.91. The molecule has 2 aromatic heterocycles. The van der Waals surface area contributed by atoms with E-state index in [2.05, 4.69) is 10.1 Å². The van der Waals surface area contributed by atoms with E-state index >= 15 is 4.39 Å². The zero-order chi connectivity index (χ0) is 25.7. The Labute approximate surface area is 201 Å². The summed E-state index contributed by atoms with van der Waals surface area (Å²) < 4.78 is 62.9. The highest BCUT2D eigenvalue weighted by Gasteiger charge is 2.28. The Kier molecular flexibility index (Phi) is 5.54. The van der Waals surface area contributed by atoms with Crippen molar-refractivity contribution >= 4 is 33.9 Å². The molecule has 0 radical (unpaired) electrons. The van der Waals surface area contributed by atoms with E-state index in [4.69, 9.17) is 16.2 Å². The van der Waals surface area contributed by atoms with Gasteiger partial charge in [0.25, 0.3) is 0 Å². The molecule has 0 aliphatic heterocycles. The fraction of sp³-hybridized carbons (Fsp3) is 0.120. The standard InChI is InChI=1S/C25H19F4N5O2/c1-11-5-13(36-21-4-2-3-15(26)22(21)29)8-17(28)23(11)34-25(31)14(10-32-34)24(35)20-7-12-6-16(27)18(30)9-19(12)33-20/h2-4,6-10,13,33H,5,30-31H2,1H3. The van der Waals surface area contributed by atoms with Gasteiger partial charge in [0.1, 0.15) is 29.3 Å². The minimum atomic E-state index is -1.17. The number of aromatic amines is 1. The van der Waals surface area contributed by atoms with E-state index < -0.39 is 35.2 Å². The van der Waals surface area contributed by atoms with E-state index in [1.807, 2.05) is 0 Å². The van der Waals surface area contributed by atoms with Crippen molar-refractivity contribution in [1.82, 2.24) is 14.8 Å². The Bertz CT molecular complexity index is 1560. The van der Waals surface area contributed by atoms with Crippen molar-refractivity contribution in [2.24, 2.45) is 0 Å². The number of anilines is 2. The maximum absolute atomic E-state index is 15.1. The molecule has 36 heavy (non-hydrogen) atoms. The van der Waals surface area contributed by atoms with Crippen LogP contribution in [0.25, 0.3) is 16.6 Å². The maximum atomic E-state index is 15.1. The highest BCUT2D eigenvalue weighted by molar-refractivity contribution is 6.12. The van der Waals surface area contributed by atoms with Crippen LogP contribution in [0, 0.1) is 17.5 Å². The van der Waals surface area contributed by atoms with E-state index in [1.54, 1.807) is 6.92 Å². The second kappa shape index (κ2) is 8.59. The van der Waals surface area contributed by atoms with Crippen molar-refractivity contribution in [2.75, 3.05) is 11.5 Å². The lowest BCUT2D eigenvalue weighted by Crippen LogP contribution is -2.21. The van der Waals surface area contributed by atoms with E-state index in [0.29, 0.717) is 16.5 Å². The van der Waals surface area contributed by atoms with Crippen molar-refractivity contribution in [3.63, 3.8) is 0 Å². The summed E-state index contributed by atoms with van der Waals surface area (Å²) in [6.45, 7) is 1.61. The summed E-state index contributed by atoms with van der Waals surface area (Å²) in [5.41, 5.74) is 12.7. The largest absolute Gasteiger partial charge is 0.483 e. The number of rotatable bonds is 5. The number of ketones is 1. The number of hydrogen-bond acceptors (Lipinski definition) is 5. The maximum Gasteiger partial charge on any atom is 0.214 e. The Hall–Kier alpha value is -4.54. The molecule has 2 heterocycles. The van der Waals surface area contributed by atoms with Gasteiger partial charge in [0.2, 0.25) is 11.6 Å². The minimum Gasteiger partial charge on any atom is -0.483 e.